The van der Waals surface area contributed by atoms with Crippen molar-refractivity contribution >= 4 is 21.6 Å². The van der Waals surface area contributed by atoms with Crippen LogP contribution in [-0.4, -0.2) is 25.7 Å². The first kappa shape index (κ1) is 12.8. The second kappa shape index (κ2) is 5.31. The van der Waals surface area contributed by atoms with Gasteiger partial charge >= 0.3 is 0 Å². The lowest BCUT2D eigenvalue weighted by atomic mass is 10.1. The molecule has 1 unspecified atom stereocenters. The number of hydrogen-bond acceptors (Lipinski definition) is 2. The lowest BCUT2D eigenvalue weighted by molar-refractivity contribution is 0.442. The van der Waals surface area contributed by atoms with Crippen molar-refractivity contribution in [3.8, 4) is 0 Å². The largest absolute Gasteiger partial charge is 0.365 e. The molecule has 0 radical (unpaired) electrons. The summed E-state index contributed by atoms with van der Waals surface area (Å²) >= 11 is 3.23. The molecular weight excluding hydrogens is 290 g/mol. The van der Waals surface area contributed by atoms with Crippen LogP contribution in [-0.2, 0) is 0 Å². The van der Waals surface area contributed by atoms with Gasteiger partial charge in [-0.25, -0.2) is 8.78 Å². The summed E-state index contributed by atoms with van der Waals surface area (Å²) in [7, 11) is 0. The van der Waals surface area contributed by atoms with E-state index >= 15 is 0 Å². The molecule has 1 aliphatic heterocycles. The zero-order valence-corrected chi connectivity index (χ0v) is 11.2. The van der Waals surface area contributed by atoms with E-state index in [1.807, 2.05) is 4.90 Å². The summed E-state index contributed by atoms with van der Waals surface area (Å²) < 4.78 is 27.3. The van der Waals surface area contributed by atoms with Crippen LogP contribution in [0.5, 0.6) is 0 Å². The molecule has 1 N–H and O–H groups in total. The number of rotatable bonds is 2. The minimum Gasteiger partial charge on any atom is -0.365 e. The molecule has 2 rings (SSSR count). The molecule has 0 saturated carbocycles. The topological polar surface area (TPSA) is 15.3 Å². The van der Waals surface area contributed by atoms with E-state index in [0.29, 0.717) is 16.2 Å². The SMILES string of the molecule is CCC1CN(c2c(F)cc(F)cc2Br)CCN1. The molecule has 5 heteroatoms. The summed E-state index contributed by atoms with van der Waals surface area (Å²) in [6.45, 7) is 4.40. The molecule has 1 atom stereocenters. The standard InChI is InChI=1S/C12H15BrF2N2/c1-2-9-7-17(4-3-16-9)12-10(13)5-8(14)6-11(12)15/h5-6,9,16H,2-4,7H2,1H3. The summed E-state index contributed by atoms with van der Waals surface area (Å²) in [6, 6.07) is 2.60. The Hall–Kier alpha value is -0.680. The van der Waals surface area contributed by atoms with Crippen LogP contribution in [0.25, 0.3) is 0 Å². The van der Waals surface area contributed by atoms with Crippen LogP contribution in [0.15, 0.2) is 16.6 Å². The van der Waals surface area contributed by atoms with Crippen LogP contribution >= 0.6 is 15.9 Å². The highest BCUT2D eigenvalue weighted by Crippen LogP contribution is 2.31. The Labute approximate surface area is 108 Å². The number of nitrogens with one attached hydrogen (secondary N) is 1. The molecule has 94 valence electrons. The summed E-state index contributed by atoms with van der Waals surface area (Å²) in [5, 5.41) is 3.37. The second-order valence-electron chi connectivity index (χ2n) is 4.22. The predicted octanol–water partition coefficient (Wildman–Crippen LogP) is 2.92. The molecule has 0 bridgehead atoms. The van der Waals surface area contributed by atoms with E-state index < -0.39 is 11.6 Å². The average molecular weight is 305 g/mol. The summed E-state index contributed by atoms with van der Waals surface area (Å²) in [4.78, 5) is 1.96. The molecule has 1 fully saturated rings. The molecule has 1 aliphatic rings. The predicted molar refractivity (Wildman–Crippen MR) is 68.4 cm³/mol. The van der Waals surface area contributed by atoms with Crippen molar-refractivity contribution in [1.82, 2.24) is 5.32 Å². The van der Waals surface area contributed by atoms with Gasteiger partial charge in [-0.3, -0.25) is 0 Å². The Morgan fingerprint density at radius 3 is 2.88 bits per heavy atom. The lowest BCUT2D eigenvalue weighted by Crippen LogP contribution is -2.50. The van der Waals surface area contributed by atoms with Gasteiger partial charge < -0.3 is 10.2 Å². The monoisotopic (exact) mass is 304 g/mol. The van der Waals surface area contributed by atoms with Gasteiger partial charge in [0, 0.05) is 36.2 Å². The third-order valence-electron chi connectivity index (χ3n) is 3.05. The fraction of sp³-hybridized carbons (Fsp3) is 0.500. The van der Waals surface area contributed by atoms with E-state index in [2.05, 4.69) is 28.2 Å². The highest BCUT2D eigenvalue weighted by molar-refractivity contribution is 9.10. The van der Waals surface area contributed by atoms with Gasteiger partial charge in [0.2, 0.25) is 0 Å². The first-order chi connectivity index (χ1) is 8.11. The number of hydrogen-bond donors (Lipinski definition) is 1. The Balaban J connectivity index is 2.27. The first-order valence-electron chi connectivity index (χ1n) is 5.74. The van der Waals surface area contributed by atoms with Crippen molar-refractivity contribution in [2.45, 2.75) is 19.4 Å². The highest BCUT2D eigenvalue weighted by Gasteiger charge is 2.22. The smallest absolute Gasteiger partial charge is 0.150 e. The van der Waals surface area contributed by atoms with Crippen molar-refractivity contribution in [2.75, 3.05) is 24.5 Å². The minimum absolute atomic E-state index is 0.361. The third kappa shape index (κ3) is 2.77. The molecule has 17 heavy (non-hydrogen) atoms. The van der Waals surface area contributed by atoms with Gasteiger partial charge in [-0.2, -0.15) is 0 Å². The summed E-state index contributed by atoms with van der Waals surface area (Å²) in [5.41, 5.74) is 0.464. The van der Waals surface area contributed by atoms with Crippen LogP contribution in [0.2, 0.25) is 0 Å². The maximum absolute atomic E-state index is 13.8. The zero-order valence-electron chi connectivity index (χ0n) is 9.64. The van der Waals surface area contributed by atoms with Gasteiger partial charge in [0.15, 0.2) is 5.82 Å². The maximum atomic E-state index is 13.8. The molecule has 0 spiro atoms. The number of halogens is 3. The quantitative estimate of drug-likeness (QED) is 0.904. The van der Waals surface area contributed by atoms with Crippen molar-refractivity contribution in [1.29, 1.82) is 0 Å². The Morgan fingerprint density at radius 2 is 2.24 bits per heavy atom. The van der Waals surface area contributed by atoms with Gasteiger partial charge in [-0.05, 0) is 28.4 Å². The van der Waals surface area contributed by atoms with E-state index in [1.54, 1.807) is 0 Å². The lowest BCUT2D eigenvalue weighted by Gasteiger charge is -2.35. The number of anilines is 1. The van der Waals surface area contributed by atoms with Gasteiger partial charge in [-0.15, -0.1) is 0 Å². The van der Waals surface area contributed by atoms with Gasteiger partial charge in [-0.1, -0.05) is 6.92 Å². The summed E-state index contributed by atoms with van der Waals surface area (Å²) in [6.07, 6.45) is 0.997. The fourth-order valence-electron chi connectivity index (χ4n) is 2.14. The van der Waals surface area contributed by atoms with Gasteiger partial charge in [0.05, 0.1) is 5.69 Å². The molecule has 0 aliphatic carbocycles. The second-order valence-corrected chi connectivity index (χ2v) is 5.08. The van der Waals surface area contributed by atoms with E-state index in [9.17, 15) is 8.78 Å². The molecule has 1 saturated heterocycles. The van der Waals surface area contributed by atoms with Crippen molar-refractivity contribution in [3.05, 3.63) is 28.2 Å². The molecule has 1 heterocycles. The Bertz CT molecular complexity index is 388. The van der Waals surface area contributed by atoms with Crippen LogP contribution in [0, 0.1) is 11.6 Å². The molecular formula is C12H15BrF2N2. The zero-order chi connectivity index (χ0) is 12.4. The van der Waals surface area contributed by atoms with Gasteiger partial charge in [0.25, 0.3) is 0 Å². The normalized spacial score (nSPS) is 20.7. The summed E-state index contributed by atoms with van der Waals surface area (Å²) in [5.74, 6) is -1.06. The average Bonchev–Trinajstić information content (AvgIpc) is 2.28. The van der Waals surface area contributed by atoms with Crippen molar-refractivity contribution in [2.24, 2.45) is 0 Å². The number of benzene rings is 1. The van der Waals surface area contributed by atoms with Crippen LogP contribution in [0.3, 0.4) is 0 Å². The molecule has 2 nitrogen and oxygen atoms in total. The van der Waals surface area contributed by atoms with Crippen LogP contribution in [0.4, 0.5) is 14.5 Å². The van der Waals surface area contributed by atoms with E-state index in [1.165, 1.54) is 6.07 Å². The van der Waals surface area contributed by atoms with E-state index in [0.717, 1.165) is 32.1 Å². The van der Waals surface area contributed by atoms with Gasteiger partial charge in [0.1, 0.15) is 5.82 Å². The van der Waals surface area contributed by atoms with Crippen molar-refractivity contribution < 1.29 is 8.78 Å². The van der Waals surface area contributed by atoms with Crippen LogP contribution < -0.4 is 10.2 Å². The van der Waals surface area contributed by atoms with E-state index in [4.69, 9.17) is 0 Å². The molecule has 0 amide bonds. The highest BCUT2D eigenvalue weighted by atomic mass is 79.9. The maximum Gasteiger partial charge on any atom is 0.150 e. The molecule has 1 aromatic carbocycles. The number of nitrogens with zero attached hydrogens (tertiary/aromatic N) is 1. The first-order valence-corrected chi connectivity index (χ1v) is 6.54. The third-order valence-corrected chi connectivity index (χ3v) is 3.65. The number of piperazine rings is 1. The van der Waals surface area contributed by atoms with Crippen molar-refractivity contribution in [3.63, 3.8) is 0 Å². The minimum atomic E-state index is -0.555. The molecule has 1 aromatic rings. The fourth-order valence-corrected chi connectivity index (χ4v) is 2.80. The Morgan fingerprint density at radius 1 is 1.47 bits per heavy atom. The molecule has 0 aromatic heterocycles. The van der Waals surface area contributed by atoms with E-state index in [-0.39, 0.29) is 0 Å². The van der Waals surface area contributed by atoms with Crippen LogP contribution in [0.1, 0.15) is 13.3 Å². The Kier molecular flexibility index (Phi) is 3.99.